The highest BCUT2D eigenvalue weighted by atomic mass is 32.2. The van der Waals surface area contributed by atoms with Gasteiger partial charge in [-0.3, -0.25) is 0 Å². The van der Waals surface area contributed by atoms with Crippen molar-refractivity contribution >= 4 is 51.4 Å². The fourth-order valence-corrected chi connectivity index (χ4v) is 4.21. The molecule has 1 aliphatic rings. The van der Waals surface area contributed by atoms with E-state index in [-0.39, 0.29) is 0 Å². The molecule has 1 fully saturated rings. The smallest absolute Gasteiger partial charge is 0.0510 e. The molecule has 0 bridgehead atoms. The summed E-state index contributed by atoms with van der Waals surface area (Å²) in [4.78, 5) is 1.89. The first kappa shape index (κ1) is 18.2. The number of nitrogens with zero attached hydrogens (tertiary/aromatic N) is 1. The van der Waals surface area contributed by atoms with Crippen LogP contribution in [0, 0.1) is 5.41 Å². The third-order valence-electron chi connectivity index (χ3n) is 4.23. The van der Waals surface area contributed by atoms with Crippen molar-refractivity contribution in [3.05, 3.63) is 47.5 Å². The van der Waals surface area contributed by atoms with Crippen molar-refractivity contribution in [2.75, 3.05) is 4.72 Å². The van der Waals surface area contributed by atoms with E-state index in [4.69, 9.17) is 5.41 Å². The summed E-state index contributed by atoms with van der Waals surface area (Å²) in [7, 11) is 0. The lowest BCUT2D eigenvalue weighted by Crippen LogP contribution is -1.98. The summed E-state index contributed by atoms with van der Waals surface area (Å²) in [6.07, 6.45) is 8.17. The molecule has 1 saturated carbocycles. The van der Waals surface area contributed by atoms with E-state index >= 15 is 0 Å². The molecule has 0 spiro atoms. The van der Waals surface area contributed by atoms with Crippen LogP contribution >= 0.6 is 23.7 Å². The Morgan fingerprint density at radius 1 is 1.40 bits per heavy atom. The van der Waals surface area contributed by atoms with Gasteiger partial charge in [-0.1, -0.05) is 30.5 Å². The molecule has 3 rings (SSSR count). The quantitative estimate of drug-likeness (QED) is 0.400. The number of rotatable bonds is 8. The van der Waals surface area contributed by atoms with Crippen molar-refractivity contribution in [2.24, 2.45) is 0 Å². The van der Waals surface area contributed by atoms with Crippen LogP contribution in [0.15, 0.2) is 42.0 Å². The molecule has 1 aromatic heterocycles. The van der Waals surface area contributed by atoms with Crippen molar-refractivity contribution in [3.63, 3.8) is 0 Å². The minimum atomic E-state index is 0.379. The number of thioether (sulfide) groups is 1. The van der Waals surface area contributed by atoms with Crippen molar-refractivity contribution in [3.8, 4) is 0 Å². The summed E-state index contributed by atoms with van der Waals surface area (Å²) in [6, 6.07) is 6.95. The lowest BCUT2D eigenvalue weighted by molar-refractivity contribution is 0.622. The molecule has 1 aliphatic carbocycles. The topological polar surface area (TPSA) is 40.8 Å². The first-order chi connectivity index (χ1) is 12.0. The second-order valence-corrected chi connectivity index (χ2v) is 8.83. The molecule has 0 aliphatic heterocycles. The van der Waals surface area contributed by atoms with E-state index in [2.05, 4.69) is 54.1 Å². The lowest BCUT2D eigenvalue weighted by Gasteiger charge is -2.10. The molecule has 132 valence electrons. The highest BCUT2D eigenvalue weighted by molar-refractivity contribution is 8.12. The predicted molar refractivity (Wildman–Crippen MR) is 116 cm³/mol. The van der Waals surface area contributed by atoms with Gasteiger partial charge >= 0.3 is 0 Å². The fraction of sp³-hybridized carbons (Fsp3) is 0.350. The molecule has 2 aromatic rings. The Hall–Kier alpha value is -1.59. The van der Waals surface area contributed by atoms with E-state index in [0.29, 0.717) is 6.04 Å². The number of fused-ring (bicyclic) bond motifs is 1. The summed E-state index contributed by atoms with van der Waals surface area (Å²) in [5, 5.41) is 9.49. The van der Waals surface area contributed by atoms with Crippen LogP contribution in [0.1, 0.15) is 45.2 Å². The predicted octanol–water partition coefficient (Wildman–Crippen LogP) is 6.70. The van der Waals surface area contributed by atoms with Gasteiger partial charge in [0.05, 0.1) is 5.52 Å². The van der Waals surface area contributed by atoms with Gasteiger partial charge in [0.25, 0.3) is 0 Å². The normalized spacial score (nSPS) is 15.0. The Balaban J connectivity index is 1.95. The minimum Gasteiger partial charge on any atom is -0.344 e. The number of aromatic nitrogens is 1. The monoisotopic (exact) mass is 371 g/mol. The molecule has 25 heavy (non-hydrogen) atoms. The second kappa shape index (κ2) is 7.75. The molecule has 2 N–H and O–H groups in total. The summed E-state index contributed by atoms with van der Waals surface area (Å²) in [5.41, 5.74) is 3.53. The van der Waals surface area contributed by atoms with E-state index in [1.165, 1.54) is 30.0 Å². The number of anilines is 1. The van der Waals surface area contributed by atoms with Crippen LogP contribution in [0.5, 0.6) is 0 Å². The van der Waals surface area contributed by atoms with Crippen LogP contribution < -0.4 is 4.72 Å². The fourth-order valence-electron chi connectivity index (χ4n) is 2.67. The van der Waals surface area contributed by atoms with Gasteiger partial charge in [-0.2, -0.15) is 0 Å². The van der Waals surface area contributed by atoms with Crippen molar-refractivity contribution < 1.29 is 0 Å². The Labute approximate surface area is 158 Å². The van der Waals surface area contributed by atoms with E-state index in [9.17, 15) is 0 Å². The van der Waals surface area contributed by atoms with Crippen molar-refractivity contribution in [1.29, 1.82) is 5.41 Å². The highest BCUT2D eigenvalue weighted by Gasteiger charge is 2.22. The lowest BCUT2D eigenvalue weighted by atomic mass is 10.1. The average Bonchev–Trinajstić information content (AvgIpc) is 3.36. The molecule has 1 heterocycles. The highest BCUT2D eigenvalue weighted by Crippen LogP contribution is 2.39. The third kappa shape index (κ3) is 4.15. The minimum absolute atomic E-state index is 0.379. The Bertz CT molecular complexity index is 829. The van der Waals surface area contributed by atoms with E-state index in [1.807, 2.05) is 24.9 Å². The van der Waals surface area contributed by atoms with Gasteiger partial charge in [0.1, 0.15) is 0 Å². The van der Waals surface area contributed by atoms with Crippen molar-refractivity contribution in [1.82, 2.24) is 4.57 Å². The van der Waals surface area contributed by atoms with Crippen LogP contribution in [-0.2, 0) is 0 Å². The zero-order valence-electron chi connectivity index (χ0n) is 15.0. The van der Waals surface area contributed by atoms with Crippen LogP contribution in [0.3, 0.4) is 0 Å². The largest absolute Gasteiger partial charge is 0.344 e. The molecular weight excluding hydrogens is 346 g/mol. The maximum atomic E-state index is 7.50. The SMILES string of the molecule is C=C(S/C(C=N)=C\C)c1cn(C(C)C)c2cc(NSC3CC3)ccc12. The van der Waals surface area contributed by atoms with Gasteiger partial charge in [-0.15, -0.1) is 0 Å². The number of allylic oxidation sites excluding steroid dienone is 2. The average molecular weight is 372 g/mol. The summed E-state index contributed by atoms with van der Waals surface area (Å²) < 4.78 is 5.80. The van der Waals surface area contributed by atoms with Crippen LogP contribution in [0.2, 0.25) is 0 Å². The molecule has 3 nitrogen and oxygen atoms in total. The summed E-state index contributed by atoms with van der Waals surface area (Å²) in [6.45, 7) is 10.6. The van der Waals surface area contributed by atoms with Crippen LogP contribution in [0.25, 0.3) is 15.8 Å². The molecule has 5 heteroatoms. The zero-order valence-corrected chi connectivity index (χ0v) is 16.6. The maximum absolute atomic E-state index is 7.50. The van der Waals surface area contributed by atoms with Gasteiger partial charge in [-0.25, -0.2) is 0 Å². The Morgan fingerprint density at radius 2 is 2.16 bits per heavy atom. The maximum Gasteiger partial charge on any atom is 0.0510 e. The first-order valence-corrected chi connectivity index (χ1v) is 10.3. The third-order valence-corrected chi connectivity index (χ3v) is 6.44. The molecule has 1 aromatic carbocycles. The molecular formula is C20H25N3S2. The van der Waals surface area contributed by atoms with E-state index < -0.39 is 0 Å². The number of hydrogen-bond acceptors (Lipinski definition) is 4. The summed E-state index contributed by atoms with van der Waals surface area (Å²) in [5.74, 6) is 0. The van der Waals surface area contributed by atoms with Crippen LogP contribution in [-0.4, -0.2) is 16.0 Å². The Morgan fingerprint density at radius 3 is 2.76 bits per heavy atom. The zero-order chi connectivity index (χ0) is 18.0. The van der Waals surface area contributed by atoms with Gasteiger partial charge < -0.3 is 14.7 Å². The van der Waals surface area contributed by atoms with Crippen molar-refractivity contribution in [2.45, 2.75) is 44.9 Å². The molecule has 0 radical (unpaired) electrons. The van der Waals surface area contributed by atoms with Gasteiger partial charge in [0.2, 0.25) is 0 Å². The Kier molecular flexibility index (Phi) is 5.64. The molecule has 0 unspecified atom stereocenters. The first-order valence-electron chi connectivity index (χ1n) is 8.63. The number of benzene rings is 1. The number of hydrogen-bond donors (Lipinski definition) is 2. The van der Waals surface area contributed by atoms with Gasteiger partial charge in [0, 0.05) is 50.2 Å². The van der Waals surface area contributed by atoms with Gasteiger partial charge in [-0.05, 0) is 57.7 Å². The van der Waals surface area contributed by atoms with E-state index in [1.54, 1.807) is 11.8 Å². The molecule has 0 atom stereocenters. The standard InChI is InChI=1S/C20H25N3S2/c1-5-16(11-21)24-14(4)19-12-23(13(2)3)20-10-15(6-9-18(19)20)22-25-17-7-8-17/h5-6,9-13,17,21-22H,4,7-8H2,1-3H3/b16-5-,21-11?. The molecule has 0 saturated heterocycles. The summed E-state index contributed by atoms with van der Waals surface area (Å²) >= 11 is 3.39. The number of nitrogens with one attached hydrogen (secondary N) is 2. The van der Waals surface area contributed by atoms with Crippen LogP contribution in [0.4, 0.5) is 5.69 Å². The molecule has 0 amide bonds. The second-order valence-electron chi connectivity index (χ2n) is 6.56. The van der Waals surface area contributed by atoms with Gasteiger partial charge in [0.15, 0.2) is 0 Å². The van der Waals surface area contributed by atoms with E-state index in [0.717, 1.165) is 26.3 Å².